The maximum absolute atomic E-state index is 4.35. The van der Waals surface area contributed by atoms with Crippen molar-refractivity contribution < 1.29 is 0 Å². The van der Waals surface area contributed by atoms with E-state index in [0.29, 0.717) is 0 Å². The Hall–Kier alpha value is -4.68. The highest BCUT2D eigenvalue weighted by Gasteiger charge is 2.21. The fraction of sp³-hybridized carbons (Fsp3) is 0.100. The summed E-state index contributed by atoms with van der Waals surface area (Å²) in [6.45, 7) is 13.1. The van der Waals surface area contributed by atoms with Crippen molar-refractivity contribution in [1.29, 1.82) is 0 Å². The molecular formula is C40H34. The zero-order valence-corrected chi connectivity index (χ0v) is 23.4. The van der Waals surface area contributed by atoms with Gasteiger partial charge < -0.3 is 0 Å². The van der Waals surface area contributed by atoms with Gasteiger partial charge in [0.25, 0.3) is 0 Å². The van der Waals surface area contributed by atoms with E-state index in [1.165, 1.54) is 66.1 Å². The van der Waals surface area contributed by atoms with Gasteiger partial charge in [-0.15, -0.1) is 0 Å². The average Bonchev–Trinajstić information content (AvgIpc) is 3.03. The SMILES string of the molecule is C=Cc1c(-c2ccc(CC)cc2)cc2ccccc2c1-c1c(C=C)c(-c2ccc(CC)cc2)cc2ccccc12. The standard InChI is InChI=1S/C40H34/c1-5-27-17-21-29(22-18-27)37-25-31-13-9-11-15-35(31)39(33(37)7-3)40-34(8-4)38(26-32-14-10-12-16-36(32)40)30-23-19-28(6-2)20-24-30/h7-26H,3-6H2,1-2H3. The van der Waals surface area contributed by atoms with E-state index in [1.54, 1.807) is 0 Å². The van der Waals surface area contributed by atoms with Crippen LogP contribution in [0, 0.1) is 0 Å². The lowest BCUT2D eigenvalue weighted by atomic mass is 9.81. The van der Waals surface area contributed by atoms with E-state index in [-0.39, 0.29) is 0 Å². The van der Waals surface area contributed by atoms with Crippen molar-refractivity contribution in [1.82, 2.24) is 0 Å². The zero-order valence-electron chi connectivity index (χ0n) is 23.4. The fourth-order valence-corrected chi connectivity index (χ4v) is 6.01. The van der Waals surface area contributed by atoms with Gasteiger partial charge in [0.05, 0.1) is 0 Å². The van der Waals surface area contributed by atoms with E-state index in [1.807, 2.05) is 12.2 Å². The van der Waals surface area contributed by atoms with E-state index >= 15 is 0 Å². The van der Waals surface area contributed by atoms with Gasteiger partial charge in [-0.3, -0.25) is 0 Å². The molecule has 0 fully saturated rings. The van der Waals surface area contributed by atoms with Crippen LogP contribution >= 0.6 is 0 Å². The quantitative estimate of drug-likeness (QED) is 0.199. The molecule has 0 atom stereocenters. The molecule has 0 aliphatic rings. The maximum Gasteiger partial charge on any atom is -0.00143 e. The highest BCUT2D eigenvalue weighted by Crippen LogP contribution is 2.46. The van der Waals surface area contributed by atoms with Crippen LogP contribution in [0.3, 0.4) is 0 Å². The lowest BCUT2D eigenvalue weighted by Gasteiger charge is -2.22. The molecular weight excluding hydrogens is 480 g/mol. The minimum absolute atomic E-state index is 1.03. The molecule has 6 aromatic rings. The third-order valence-corrected chi connectivity index (χ3v) is 8.18. The molecule has 6 rings (SSSR count). The molecule has 0 radical (unpaired) electrons. The molecule has 0 aliphatic carbocycles. The molecule has 0 saturated carbocycles. The van der Waals surface area contributed by atoms with Gasteiger partial charge in [0.2, 0.25) is 0 Å². The number of aryl methyl sites for hydroxylation is 2. The van der Waals surface area contributed by atoms with Gasteiger partial charge in [-0.1, -0.05) is 136 Å². The molecule has 0 unspecified atom stereocenters. The van der Waals surface area contributed by atoms with Crippen LogP contribution in [-0.4, -0.2) is 0 Å². The molecule has 0 amide bonds. The van der Waals surface area contributed by atoms with Crippen molar-refractivity contribution in [2.24, 2.45) is 0 Å². The molecule has 194 valence electrons. The maximum atomic E-state index is 4.35. The fourth-order valence-electron chi connectivity index (χ4n) is 6.01. The first-order chi connectivity index (χ1) is 19.7. The molecule has 0 nitrogen and oxygen atoms in total. The van der Waals surface area contributed by atoms with Gasteiger partial charge in [0, 0.05) is 0 Å². The van der Waals surface area contributed by atoms with Crippen molar-refractivity contribution in [2.45, 2.75) is 26.7 Å². The number of benzene rings is 6. The van der Waals surface area contributed by atoms with Crippen LogP contribution in [0.5, 0.6) is 0 Å². The lowest BCUT2D eigenvalue weighted by Crippen LogP contribution is -1.97. The molecule has 40 heavy (non-hydrogen) atoms. The van der Waals surface area contributed by atoms with Gasteiger partial charge in [0.1, 0.15) is 0 Å². The topological polar surface area (TPSA) is 0 Å². The van der Waals surface area contributed by atoms with Crippen LogP contribution in [0.2, 0.25) is 0 Å². The second kappa shape index (κ2) is 10.8. The summed E-state index contributed by atoms with van der Waals surface area (Å²) < 4.78 is 0. The predicted molar refractivity (Wildman–Crippen MR) is 177 cm³/mol. The Kier molecular flexibility index (Phi) is 6.93. The number of hydrogen-bond donors (Lipinski definition) is 0. The van der Waals surface area contributed by atoms with E-state index in [2.05, 4.69) is 136 Å². The minimum Gasteiger partial charge on any atom is -0.0984 e. The molecule has 0 aromatic heterocycles. The summed E-state index contributed by atoms with van der Waals surface area (Å²) >= 11 is 0. The van der Waals surface area contributed by atoms with Crippen molar-refractivity contribution in [3.05, 3.63) is 145 Å². The molecule has 0 N–H and O–H groups in total. The first kappa shape index (κ1) is 25.6. The third-order valence-electron chi connectivity index (χ3n) is 8.18. The van der Waals surface area contributed by atoms with Gasteiger partial charge in [0.15, 0.2) is 0 Å². The van der Waals surface area contributed by atoms with Crippen molar-refractivity contribution >= 4 is 33.7 Å². The first-order valence-corrected chi connectivity index (χ1v) is 14.2. The van der Waals surface area contributed by atoms with Crippen LogP contribution in [0.4, 0.5) is 0 Å². The average molecular weight is 515 g/mol. The highest BCUT2D eigenvalue weighted by atomic mass is 14.2. The highest BCUT2D eigenvalue weighted by molar-refractivity contribution is 6.14. The summed E-state index contributed by atoms with van der Waals surface area (Å²) in [6, 6.07) is 40.0. The molecule has 0 heteroatoms. The van der Waals surface area contributed by atoms with Crippen LogP contribution in [0.25, 0.3) is 67.1 Å². The summed E-state index contributed by atoms with van der Waals surface area (Å²) in [4.78, 5) is 0. The van der Waals surface area contributed by atoms with Crippen molar-refractivity contribution in [2.75, 3.05) is 0 Å². The third kappa shape index (κ3) is 4.36. The molecule has 6 aromatic carbocycles. The van der Waals surface area contributed by atoms with E-state index < -0.39 is 0 Å². The summed E-state index contributed by atoms with van der Waals surface area (Å²) in [5.41, 5.74) is 12.2. The van der Waals surface area contributed by atoms with Crippen molar-refractivity contribution in [3.63, 3.8) is 0 Å². The summed E-state index contributed by atoms with van der Waals surface area (Å²) in [7, 11) is 0. The summed E-state index contributed by atoms with van der Waals surface area (Å²) in [5, 5.41) is 4.88. The normalized spacial score (nSPS) is 11.2. The zero-order chi connectivity index (χ0) is 27.6. The first-order valence-electron chi connectivity index (χ1n) is 14.2. The van der Waals surface area contributed by atoms with Crippen LogP contribution < -0.4 is 0 Å². The van der Waals surface area contributed by atoms with E-state index in [4.69, 9.17) is 0 Å². The minimum atomic E-state index is 1.03. The number of hydrogen-bond acceptors (Lipinski definition) is 0. The van der Waals surface area contributed by atoms with E-state index in [0.717, 1.165) is 24.0 Å². The van der Waals surface area contributed by atoms with Crippen LogP contribution in [-0.2, 0) is 12.8 Å². The van der Waals surface area contributed by atoms with Crippen LogP contribution in [0.15, 0.2) is 122 Å². The smallest absolute Gasteiger partial charge is 0.00143 e. The Bertz CT molecular complexity index is 1730. The van der Waals surface area contributed by atoms with Gasteiger partial charge in [-0.2, -0.15) is 0 Å². The number of rotatable bonds is 7. The van der Waals surface area contributed by atoms with Crippen molar-refractivity contribution in [3.8, 4) is 33.4 Å². The second-order valence-corrected chi connectivity index (χ2v) is 10.4. The largest absolute Gasteiger partial charge is 0.0984 e. The lowest BCUT2D eigenvalue weighted by molar-refractivity contribution is 1.14. The Morgan fingerprint density at radius 1 is 0.500 bits per heavy atom. The summed E-state index contributed by atoms with van der Waals surface area (Å²) in [5.74, 6) is 0. The Morgan fingerprint density at radius 2 is 0.875 bits per heavy atom. The molecule has 0 spiro atoms. The Labute approximate surface area is 238 Å². The van der Waals surface area contributed by atoms with Gasteiger partial charge in [-0.05, 0) is 102 Å². The van der Waals surface area contributed by atoms with Crippen LogP contribution in [0.1, 0.15) is 36.1 Å². The monoisotopic (exact) mass is 514 g/mol. The molecule has 0 bridgehead atoms. The number of fused-ring (bicyclic) bond motifs is 2. The van der Waals surface area contributed by atoms with Gasteiger partial charge in [-0.25, -0.2) is 0 Å². The molecule has 0 aliphatic heterocycles. The molecule has 0 saturated heterocycles. The Morgan fingerprint density at radius 3 is 1.23 bits per heavy atom. The molecule has 0 heterocycles. The van der Waals surface area contributed by atoms with E-state index in [9.17, 15) is 0 Å². The Balaban J connectivity index is 1.76. The predicted octanol–water partition coefficient (Wildman–Crippen LogP) is 11.4. The van der Waals surface area contributed by atoms with Gasteiger partial charge >= 0.3 is 0 Å². The summed E-state index contributed by atoms with van der Waals surface area (Å²) in [6.07, 6.45) is 6.13. The second-order valence-electron chi connectivity index (χ2n) is 10.4.